The molecule has 0 amide bonds. The minimum absolute atomic E-state index is 0.582. The zero-order valence-electron chi connectivity index (χ0n) is 16.8. The van der Waals surface area contributed by atoms with E-state index in [-0.39, 0.29) is 0 Å². The minimum atomic E-state index is 0.582. The summed E-state index contributed by atoms with van der Waals surface area (Å²) in [6, 6.07) is 11.8. The van der Waals surface area contributed by atoms with Crippen molar-refractivity contribution in [3.8, 4) is 22.6 Å². The summed E-state index contributed by atoms with van der Waals surface area (Å²) in [4.78, 5) is 30.6. The molecule has 0 N–H and O–H groups in total. The van der Waals surface area contributed by atoms with Gasteiger partial charge in [-0.3, -0.25) is 4.98 Å². The molecule has 0 unspecified atom stereocenters. The Kier molecular flexibility index (Phi) is 4.68. The van der Waals surface area contributed by atoms with Crippen LogP contribution < -0.4 is 0 Å². The van der Waals surface area contributed by atoms with Gasteiger partial charge in [0, 0.05) is 34.3 Å². The maximum atomic E-state index is 4.74. The Labute approximate surface area is 178 Å². The van der Waals surface area contributed by atoms with Gasteiger partial charge in [0.25, 0.3) is 0 Å². The fraction of sp³-hybridized carbons (Fsp3) is 0.0417. The van der Waals surface area contributed by atoms with Crippen LogP contribution in [-0.4, -0.2) is 36.6 Å². The Morgan fingerprint density at radius 3 is 2.58 bits per heavy atom. The molecule has 5 heterocycles. The average Bonchev–Trinajstić information content (AvgIpc) is 2.83. The van der Waals surface area contributed by atoms with Crippen LogP contribution in [0, 0.1) is 0 Å². The first-order valence-corrected chi connectivity index (χ1v) is 9.69. The van der Waals surface area contributed by atoms with Gasteiger partial charge in [-0.05, 0) is 44.0 Å². The Hall–Kier alpha value is -4.39. The van der Waals surface area contributed by atoms with E-state index in [4.69, 9.17) is 4.98 Å². The van der Waals surface area contributed by atoms with E-state index in [9.17, 15) is 0 Å². The first-order valence-electron chi connectivity index (χ1n) is 9.69. The summed E-state index contributed by atoms with van der Waals surface area (Å²) in [5, 5.41) is 1.85. The molecule has 0 aliphatic heterocycles. The van der Waals surface area contributed by atoms with E-state index in [1.807, 2.05) is 55.5 Å². The number of aromatic nitrogens is 6. The predicted octanol–water partition coefficient (Wildman–Crippen LogP) is 5.06. The second kappa shape index (κ2) is 7.79. The molecule has 31 heavy (non-hydrogen) atoms. The molecule has 7 heteroatoms. The first kappa shape index (κ1) is 18.6. The SMILES string of the molecule is C=Nc1nc(-c2ccc3cc(-c4cnc5ncncc5c4)ncc3n2)ccc1/C=C\C. The van der Waals surface area contributed by atoms with Crippen LogP contribution in [-0.2, 0) is 0 Å². The monoisotopic (exact) mass is 403 g/mol. The van der Waals surface area contributed by atoms with E-state index in [1.54, 1.807) is 18.6 Å². The summed E-state index contributed by atoms with van der Waals surface area (Å²) in [5.41, 5.74) is 5.56. The Balaban J connectivity index is 1.53. The van der Waals surface area contributed by atoms with Crippen molar-refractivity contribution in [3.63, 3.8) is 0 Å². The highest BCUT2D eigenvalue weighted by atomic mass is 14.9. The van der Waals surface area contributed by atoms with Crippen LogP contribution in [0.3, 0.4) is 0 Å². The van der Waals surface area contributed by atoms with Crippen molar-refractivity contribution in [3.05, 3.63) is 73.0 Å². The lowest BCUT2D eigenvalue weighted by molar-refractivity contribution is 1.18. The van der Waals surface area contributed by atoms with Gasteiger partial charge in [0.05, 0.1) is 28.8 Å². The van der Waals surface area contributed by atoms with Gasteiger partial charge in [-0.2, -0.15) is 0 Å². The molecule has 148 valence electrons. The van der Waals surface area contributed by atoms with Crippen LogP contribution in [0.4, 0.5) is 5.82 Å². The highest BCUT2D eigenvalue weighted by Gasteiger charge is 2.09. The molecule has 0 bridgehead atoms. The summed E-state index contributed by atoms with van der Waals surface area (Å²) < 4.78 is 0. The maximum Gasteiger partial charge on any atom is 0.162 e. The third-order valence-electron chi connectivity index (χ3n) is 4.89. The summed E-state index contributed by atoms with van der Waals surface area (Å²) in [7, 11) is 0. The number of hydrogen-bond donors (Lipinski definition) is 0. The van der Waals surface area contributed by atoms with Gasteiger partial charge in [-0.1, -0.05) is 18.2 Å². The second-order valence-electron chi connectivity index (χ2n) is 6.89. The minimum Gasteiger partial charge on any atom is -0.254 e. The van der Waals surface area contributed by atoms with Crippen LogP contribution in [0.1, 0.15) is 12.5 Å². The van der Waals surface area contributed by atoms with E-state index < -0.39 is 0 Å². The van der Waals surface area contributed by atoms with Crippen LogP contribution in [0.5, 0.6) is 0 Å². The standard InChI is InChI=1S/C24H17N7/c1-3-4-15-5-7-20(31-23(15)25-2)19-8-6-16-10-21(27-13-22(16)30-19)17-9-18-11-26-14-29-24(18)28-12-17/h3-14H,2H2,1H3/b4-3-. The highest BCUT2D eigenvalue weighted by molar-refractivity contribution is 5.86. The zero-order valence-corrected chi connectivity index (χ0v) is 16.8. The van der Waals surface area contributed by atoms with Gasteiger partial charge < -0.3 is 0 Å². The fourth-order valence-corrected chi connectivity index (χ4v) is 3.38. The molecule has 0 saturated carbocycles. The lowest BCUT2D eigenvalue weighted by Crippen LogP contribution is -1.92. The van der Waals surface area contributed by atoms with Gasteiger partial charge in [0.1, 0.15) is 6.33 Å². The molecule has 5 aromatic rings. The van der Waals surface area contributed by atoms with Crippen LogP contribution in [0.15, 0.2) is 72.4 Å². The van der Waals surface area contributed by atoms with Gasteiger partial charge >= 0.3 is 0 Å². The van der Waals surface area contributed by atoms with Crippen molar-refractivity contribution >= 4 is 40.5 Å². The lowest BCUT2D eigenvalue weighted by atomic mass is 10.1. The Morgan fingerprint density at radius 1 is 0.839 bits per heavy atom. The third-order valence-corrected chi connectivity index (χ3v) is 4.89. The summed E-state index contributed by atoms with van der Waals surface area (Å²) in [6.07, 6.45) is 10.7. The number of hydrogen-bond acceptors (Lipinski definition) is 7. The largest absolute Gasteiger partial charge is 0.254 e. The molecule has 7 nitrogen and oxygen atoms in total. The predicted molar refractivity (Wildman–Crippen MR) is 123 cm³/mol. The molecule has 0 radical (unpaired) electrons. The van der Waals surface area contributed by atoms with Gasteiger partial charge in [-0.25, -0.2) is 29.9 Å². The average molecular weight is 403 g/mol. The fourth-order valence-electron chi connectivity index (χ4n) is 3.38. The molecule has 0 spiro atoms. The Morgan fingerprint density at radius 2 is 1.71 bits per heavy atom. The molecule has 0 saturated heterocycles. The molecule has 0 atom stereocenters. The van der Waals surface area contributed by atoms with E-state index in [2.05, 4.69) is 36.6 Å². The number of aliphatic imine (C=N–C) groups is 1. The molecule has 0 aliphatic rings. The summed E-state index contributed by atoms with van der Waals surface area (Å²) in [6.45, 7) is 5.58. The smallest absolute Gasteiger partial charge is 0.162 e. The third kappa shape index (κ3) is 3.53. The maximum absolute atomic E-state index is 4.74. The first-order chi connectivity index (χ1) is 15.2. The number of rotatable bonds is 4. The number of allylic oxidation sites excluding steroid dienone is 1. The molecule has 5 rings (SSSR count). The zero-order chi connectivity index (χ0) is 21.2. The van der Waals surface area contributed by atoms with Crippen molar-refractivity contribution in [2.75, 3.05) is 0 Å². The van der Waals surface area contributed by atoms with Crippen molar-refractivity contribution in [2.45, 2.75) is 6.92 Å². The van der Waals surface area contributed by atoms with Gasteiger partial charge in [-0.15, -0.1) is 0 Å². The van der Waals surface area contributed by atoms with Crippen molar-refractivity contribution in [2.24, 2.45) is 4.99 Å². The van der Waals surface area contributed by atoms with Gasteiger partial charge in [0.15, 0.2) is 11.5 Å². The molecular formula is C24H17N7. The van der Waals surface area contributed by atoms with Crippen LogP contribution in [0.25, 0.3) is 50.7 Å². The van der Waals surface area contributed by atoms with Crippen molar-refractivity contribution in [1.29, 1.82) is 0 Å². The molecule has 0 aromatic carbocycles. The summed E-state index contributed by atoms with van der Waals surface area (Å²) >= 11 is 0. The topological polar surface area (TPSA) is 89.7 Å². The van der Waals surface area contributed by atoms with Gasteiger partial charge in [0.2, 0.25) is 0 Å². The van der Waals surface area contributed by atoms with Crippen LogP contribution >= 0.6 is 0 Å². The number of fused-ring (bicyclic) bond motifs is 2. The molecular weight excluding hydrogens is 386 g/mol. The van der Waals surface area contributed by atoms with Crippen molar-refractivity contribution in [1.82, 2.24) is 29.9 Å². The van der Waals surface area contributed by atoms with E-state index in [0.717, 1.165) is 44.5 Å². The Bertz CT molecular complexity index is 1470. The van der Waals surface area contributed by atoms with E-state index in [1.165, 1.54) is 6.33 Å². The second-order valence-corrected chi connectivity index (χ2v) is 6.89. The molecule has 0 aliphatic carbocycles. The quantitative estimate of drug-likeness (QED) is 0.390. The summed E-state index contributed by atoms with van der Waals surface area (Å²) in [5.74, 6) is 0.582. The van der Waals surface area contributed by atoms with E-state index >= 15 is 0 Å². The normalized spacial score (nSPS) is 11.4. The van der Waals surface area contributed by atoms with E-state index in [0.29, 0.717) is 11.5 Å². The number of nitrogens with zero attached hydrogens (tertiary/aromatic N) is 7. The van der Waals surface area contributed by atoms with Crippen LogP contribution in [0.2, 0.25) is 0 Å². The molecule has 5 aromatic heterocycles. The number of pyridine rings is 4. The van der Waals surface area contributed by atoms with Crippen molar-refractivity contribution < 1.29 is 0 Å². The highest BCUT2D eigenvalue weighted by Crippen LogP contribution is 2.27. The molecule has 0 fully saturated rings. The lowest BCUT2D eigenvalue weighted by Gasteiger charge is -2.07.